The van der Waals surface area contributed by atoms with E-state index in [4.69, 9.17) is 15.9 Å². The normalized spacial score (nSPS) is 10.8. The van der Waals surface area contributed by atoms with Gasteiger partial charge in [0.15, 0.2) is 5.82 Å². The van der Waals surface area contributed by atoms with Gasteiger partial charge in [-0.3, -0.25) is 10.2 Å². The summed E-state index contributed by atoms with van der Waals surface area (Å²) in [6, 6.07) is 0.0707. The molecule has 0 atom stereocenters. The molecule has 0 saturated heterocycles. The molecule has 0 aromatic carbocycles. The van der Waals surface area contributed by atoms with E-state index in [9.17, 15) is 4.79 Å². The first-order valence-electron chi connectivity index (χ1n) is 6.61. The maximum atomic E-state index is 12.4. The molecule has 7 nitrogen and oxygen atoms in total. The van der Waals surface area contributed by atoms with Gasteiger partial charge in [-0.05, 0) is 13.8 Å². The first-order valence-corrected chi connectivity index (χ1v) is 6.61. The molecule has 1 aromatic heterocycles. The van der Waals surface area contributed by atoms with Crippen molar-refractivity contribution in [2.45, 2.75) is 26.3 Å². The summed E-state index contributed by atoms with van der Waals surface area (Å²) < 4.78 is 6.69. The number of anilines is 1. The molecule has 0 unspecified atom stereocenters. The number of ether oxygens (including phenoxy) is 1. The lowest BCUT2D eigenvalue weighted by Gasteiger charge is -2.23. The van der Waals surface area contributed by atoms with Gasteiger partial charge < -0.3 is 19.9 Å². The molecule has 0 bridgehead atoms. The van der Waals surface area contributed by atoms with E-state index in [0.29, 0.717) is 31.9 Å². The van der Waals surface area contributed by atoms with Gasteiger partial charge in [0.1, 0.15) is 0 Å². The summed E-state index contributed by atoms with van der Waals surface area (Å²) in [5.41, 5.74) is 5.25. The third-order valence-electron chi connectivity index (χ3n) is 2.92. The number of nitrogens with two attached hydrogens (primary N) is 1. The van der Waals surface area contributed by atoms with Crippen molar-refractivity contribution in [3.8, 4) is 0 Å². The largest absolute Gasteiger partial charge is 0.388 e. The summed E-state index contributed by atoms with van der Waals surface area (Å²) in [4.78, 5) is 18.4. The standard InChI is InChI=1S/C13H23N5O2/c1-10(2)18-7-5-16-12(13(18)19)17(8-9-20-3)6-4-11(14)15/h5,7,10H,4,6,8-9H2,1-3H3,(H3,14,15). The molecule has 0 fully saturated rings. The summed E-state index contributed by atoms with van der Waals surface area (Å²) >= 11 is 0. The smallest absolute Gasteiger partial charge is 0.293 e. The third kappa shape index (κ3) is 4.34. The zero-order valence-electron chi connectivity index (χ0n) is 12.3. The van der Waals surface area contributed by atoms with E-state index in [0.717, 1.165) is 0 Å². The Morgan fingerprint density at radius 1 is 1.55 bits per heavy atom. The molecule has 0 amide bonds. The highest BCUT2D eigenvalue weighted by Gasteiger charge is 2.15. The number of aromatic nitrogens is 2. The third-order valence-corrected chi connectivity index (χ3v) is 2.92. The van der Waals surface area contributed by atoms with Crippen LogP contribution in [-0.4, -0.2) is 42.2 Å². The molecule has 0 aliphatic heterocycles. The molecule has 0 saturated carbocycles. The average Bonchev–Trinajstić information content (AvgIpc) is 2.39. The summed E-state index contributed by atoms with van der Waals surface area (Å²) in [6.45, 7) is 5.38. The minimum absolute atomic E-state index is 0.0707. The molecule has 1 aromatic rings. The molecule has 1 heterocycles. The topological polar surface area (TPSA) is 97.2 Å². The zero-order valence-corrected chi connectivity index (χ0v) is 12.3. The van der Waals surface area contributed by atoms with E-state index in [1.54, 1.807) is 24.1 Å². The lowest BCUT2D eigenvalue weighted by molar-refractivity contribution is 0.205. The highest BCUT2D eigenvalue weighted by Crippen LogP contribution is 2.07. The van der Waals surface area contributed by atoms with Crippen LogP contribution in [0.1, 0.15) is 26.3 Å². The van der Waals surface area contributed by atoms with Crippen LogP contribution in [0.4, 0.5) is 5.82 Å². The quantitative estimate of drug-likeness (QED) is 0.537. The second-order valence-electron chi connectivity index (χ2n) is 4.81. The molecule has 0 aliphatic rings. The van der Waals surface area contributed by atoms with Crippen molar-refractivity contribution in [1.29, 1.82) is 5.41 Å². The molecular weight excluding hydrogens is 258 g/mol. The van der Waals surface area contributed by atoms with Gasteiger partial charge in [-0.25, -0.2) is 4.98 Å². The minimum Gasteiger partial charge on any atom is -0.388 e. The molecule has 112 valence electrons. The highest BCUT2D eigenvalue weighted by molar-refractivity contribution is 5.77. The van der Waals surface area contributed by atoms with Gasteiger partial charge in [0, 0.05) is 45.1 Å². The van der Waals surface area contributed by atoms with E-state index in [2.05, 4.69) is 4.98 Å². The van der Waals surface area contributed by atoms with Crippen molar-refractivity contribution in [3.63, 3.8) is 0 Å². The Morgan fingerprint density at radius 2 is 2.25 bits per heavy atom. The number of hydrogen-bond donors (Lipinski definition) is 2. The number of nitrogens with zero attached hydrogens (tertiary/aromatic N) is 3. The Morgan fingerprint density at radius 3 is 2.80 bits per heavy atom. The fourth-order valence-corrected chi connectivity index (χ4v) is 1.82. The van der Waals surface area contributed by atoms with Crippen LogP contribution in [0.15, 0.2) is 17.2 Å². The van der Waals surface area contributed by atoms with Crippen LogP contribution < -0.4 is 16.2 Å². The molecule has 1 rings (SSSR count). The first-order chi connectivity index (χ1) is 9.47. The SMILES string of the molecule is COCCN(CCC(=N)N)c1nccn(C(C)C)c1=O. The number of nitrogens with one attached hydrogen (secondary N) is 1. The van der Waals surface area contributed by atoms with Crippen LogP contribution in [0.5, 0.6) is 0 Å². The second-order valence-corrected chi connectivity index (χ2v) is 4.81. The second kappa shape index (κ2) is 7.64. The van der Waals surface area contributed by atoms with Crippen molar-refractivity contribution in [3.05, 3.63) is 22.7 Å². The zero-order chi connectivity index (χ0) is 15.1. The number of methoxy groups -OCH3 is 1. The molecule has 20 heavy (non-hydrogen) atoms. The van der Waals surface area contributed by atoms with E-state index in [1.807, 2.05) is 18.7 Å². The van der Waals surface area contributed by atoms with Gasteiger partial charge >= 0.3 is 0 Å². The van der Waals surface area contributed by atoms with Crippen LogP contribution in [0.3, 0.4) is 0 Å². The lowest BCUT2D eigenvalue weighted by atomic mass is 10.3. The monoisotopic (exact) mass is 281 g/mol. The van der Waals surface area contributed by atoms with E-state index in [1.165, 1.54) is 0 Å². The molecule has 7 heteroatoms. The van der Waals surface area contributed by atoms with Crippen molar-refractivity contribution in [2.75, 3.05) is 31.7 Å². The van der Waals surface area contributed by atoms with Crippen LogP contribution in [0.25, 0.3) is 0 Å². The highest BCUT2D eigenvalue weighted by atomic mass is 16.5. The molecule has 0 spiro atoms. The fourth-order valence-electron chi connectivity index (χ4n) is 1.82. The fraction of sp³-hybridized carbons (Fsp3) is 0.615. The Bertz CT molecular complexity index is 498. The Balaban J connectivity index is 3.03. The van der Waals surface area contributed by atoms with Crippen molar-refractivity contribution < 1.29 is 4.74 Å². The molecule has 0 aliphatic carbocycles. The van der Waals surface area contributed by atoms with Crippen molar-refractivity contribution in [1.82, 2.24) is 9.55 Å². The average molecular weight is 281 g/mol. The van der Waals surface area contributed by atoms with Crippen molar-refractivity contribution in [2.24, 2.45) is 5.73 Å². The van der Waals surface area contributed by atoms with Gasteiger partial charge in [-0.2, -0.15) is 0 Å². The Hall–Kier alpha value is -1.89. The van der Waals surface area contributed by atoms with Crippen molar-refractivity contribution >= 4 is 11.7 Å². The lowest BCUT2D eigenvalue weighted by Crippen LogP contribution is -2.37. The summed E-state index contributed by atoms with van der Waals surface area (Å²) in [5, 5.41) is 7.31. The molecule has 0 radical (unpaired) electrons. The van der Waals surface area contributed by atoms with Gasteiger partial charge in [0.05, 0.1) is 12.4 Å². The predicted octanol–water partition coefficient (Wildman–Crippen LogP) is 0.603. The van der Waals surface area contributed by atoms with E-state index in [-0.39, 0.29) is 17.4 Å². The number of amidine groups is 1. The van der Waals surface area contributed by atoms with Gasteiger partial charge in [0.2, 0.25) is 0 Å². The van der Waals surface area contributed by atoms with Gasteiger partial charge in [0.25, 0.3) is 5.56 Å². The molecular formula is C13H23N5O2. The maximum absolute atomic E-state index is 12.4. The molecule has 3 N–H and O–H groups in total. The van der Waals surface area contributed by atoms with Gasteiger partial charge in [-0.15, -0.1) is 0 Å². The first kappa shape index (κ1) is 16.2. The maximum Gasteiger partial charge on any atom is 0.293 e. The van der Waals surface area contributed by atoms with E-state index < -0.39 is 0 Å². The minimum atomic E-state index is -0.137. The van der Waals surface area contributed by atoms with Crippen LogP contribution in [0, 0.1) is 5.41 Å². The van der Waals surface area contributed by atoms with Crippen LogP contribution in [0.2, 0.25) is 0 Å². The number of rotatable bonds is 8. The Labute approximate surface area is 118 Å². The van der Waals surface area contributed by atoms with E-state index >= 15 is 0 Å². The van der Waals surface area contributed by atoms with Gasteiger partial charge in [-0.1, -0.05) is 0 Å². The summed E-state index contributed by atoms with van der Waals surface area (Å²) in [5.74, 6) is 0.465. The summed E-state index contributed by atoms with van der Waals surface area (Å²) in [7, 11) is 1.61. The number of hydrogen-bond acceptors (Lipinski definition) is 5. The van der Waals surface area contributed by atoms with Crippen LogP contribution >= 0.6 is 0 Å². The predicted molar refractivity (Wildman–Crippen MR) is 79.5 cm³/mol. The summed E-state index contributed by atoms with van der Waals surface area (Å²) in [6.07, 6.45) is 3.68. The van der Waals surface area contributed by atoms with Crippen LogP contribution in [-0.2, 0) is 4.74 Å². The Kier molecular flexibility index (Phi) is 6.17.